The maximum Gasteiger partial charge on any atom is 0.219 e. The van der Waals surface area contributed by atoms with Gasteiger partial charge in [-0.3, -0.25) is 4.79 Å². The van der Waals surface area contributed by atoms with Gasteiger partial charge in [-0.15, -0.1) is 25.3 Å². The molecule has 64 valence electrons. The van der Waals surface area contributed by atoms with Crippen LogP contribution in [0.1, 0.15) is 15.9 Å². The van der Waals surface area contributed by atoms with Gasteiger partial charge in [-0.1, -0.05) is 12.2 Å². The molecule has 0 aliphatic heterocycles. The molecule has 0 aliphatic rings. The minimum Gasteiger partial charge on any atom is -0.341 e. The Morgan fingerprint density at radius 2 is 2.25 bits per heavy atom. The average molecular weight is 217 g/mol. The van der Waals surface area contributed by atoms with Crippen LogP contribution < -0.4 is 0 Å². The lowest BCUT2D eigenvalue weighted by atomic mass is 10.2. The Hall–Kier alpha value is -0.260. The molecule has 1 N–H and O–H groups in total. The lowest BCUT2D eigenvalue weighted by Gasteiger charge is -2.01. The van der Waals surface area contributed by atoms with Crippen molar-refractivity contribution in [2.75, 3.05) is 0 Å². The standard InChI is InChI=1S/C7H7NOS3/c1-3-2-4(7(9)12)6(11)8-5(3)10/h2H,1H3,(H,9,12)(H2,8,10,11). The first-order valence-electron chi connectivity index (χ1n) is 3.18. The minimum atomic E-state index is -0.326. The molecule has 0 spiro atoms. The van der Waals surface area contributed by atoms with E-state index in [-0.39, 0.29) is 5.12 Å². The van der Waals surface area contributed by atoms with Crippen molar-refractivity contribution >= 4 is 42.6 Å². The van der Waals surface area contributed by atoms with E-state index in [1.54, 1.807) is 6.07 Å². The monoisotopic (exact) mass is 217 g/mol. The molecule has 0 fully saturated rings. The Morgan fingerprint density at radius 3 is 2.75 bits per heavy atom. The maximum atomic E-state index is 10.9. The molecule has 5 heteroatoms. The zero-order valence-electron chi connectivity index (χ0n) is 6.29. The smallest absolute Gasteiger partial charge is 0.219 e. The lowest BCUT2D eigenvalue weighted by molar-refractivity contribution is 0.109. The fourth-order valence-electron chi connectivity index (χ4n) is 0.783. The molecule has 0 radical (unpaired) electrons. The number of hydrogen-bond donors (Lipinski definition) is 3. The number of rotatable bonds is 1. The lowest BCUT2D eigenvalue weighted by Crippen LogP contribution is -1.95. The van der Waals surface area contributed by atoms with Gasteiger partial charge in [0, 0.05) is 0 Å². The van der Waals surface area contributed by atoms with E-state index in [9.17, 15) is 4.79 Å². The van der Waals surface area contributed by atoms with Gasteiger partial charge in [0.25, 0.3) is 0 Å². The second kappa shape index (κ2) is 3.64. The van der Waals surface area contributed by atoms with Crippen molar-refractivity contribution < 1.29 is 4.79 Å². The zero-order valence-corrected chi connectivity index (χ0v) is 8.89. The van der Waals surface area contributed by atoms with Crippen LogP contribution in [0, 0.1) is 11.6 Å². The van der Waals surface area contributed by atoms with Crippen LogP contribution in [-0.2, 0) is 0 Å². The third-order valence-electron chi connectivity index (χ3n) is 1.44. The van der Waals surface area contributed by atoms with Crippen LogP contribution in [0.25, 0.3) is 0 Å². The summed E-state index contributed by atoms with van der Waals surface area (Å²) in [4.78, 5) is 13.7. The molecule has 0 aliphatic carbocycles. The highest BCUT2D eigenvalue weighted by atomic mass is 32.1. The Labute approximate surface area is 86.2 Å². The molecular weight excluding hydrogens is 210 g/mol. The molecule has 1 heterocycles. The molecule has 12 heavy (non-hydrogen) atoms. The van der Waals surface area contributed by atoms with E-state index in [1.165, 1.54) is 0 Å². The average Bonchev–Trinajstić information content (AvgIpc) is 1.96. The van der Waals surface area contributed by atoms with E-state index in [4.69, 9.17) is 12.2 Å². The topological polar surface area (TPSA) is 32.9 Å². The van der Waals surface area contributed by atoms with Crippen LogP contribution in [0.15, 0.2) is 11.1 Å². The van der Waals surface area contributed by atoms with Gasteiger partial charge in [-0.2, -0.15) is 0 Å². The van der Waals surface area contributed by atoms with E-state index in [1.807, 2.05) is 6.92 Å². The summed E-state index contributed by atoms with van der Waals surface area (Å²) in [5.74, 6) is 0. The Bertz CT molecular complexity index is 383. The Balaban J connectivity index is 3.43. The van der Waals surface area contributed by atoms with Crippen molar-refractivity contribution in [1.29, 1.82) is 0 Å². The van der Waals surface area contributed by atoms with Gasteiger partial charge in [0.1, 0.15) is 4.64 Å². The van der Waals surface area contributed by atoms with Gasteiger partial charge < -0.3 is 4.98 Å². The molecule has 2 nitrogen and oxygen atoms in total. The third-order valence-corrected chi connectivity index (χ3v) is 2.47. The van der Waals surface area contributed by atoms with Crippen LogP contribution in [0.2, 0.25) is 0 Å². The summed E-state index contributed by atoms with van der Waals surface area (Å²) in [6.07, 6.45) is 0. The number of hydrogen-bond acceptors (Lipinski definition) is 3. The molecule has 0 saturated carbocycles. The van der Waals surface area contributed by atoms with Gasteiger partial charge in [-0.05, 0) is 18.6 Å². The van der Waals surface area contributed by atoms with E-state index in [0.29, 0.717) is 15.2 Å². The normalized spacial score (nSPS) is 9.92. The molecule has 1 aromatic rings. The molecule has 1 aromatic heterocycles. The first-order valence-corrected chi connectivity index (χ1v) is 4.49. The van der Waals surface area contributed by atoms with Crippen molar-refractivity contribution in [3.63, 3.8) is 0 Å². The summed E-state index contributed by atoms with van der Waals surface area (Å²) < 4.78 is 0.380. The van der Waals surface area contributed by atoms with E-state index in [0.717, 1.165) is 5.56 Å². The summed E-state index contributed by atoms with van der Waals surface area (Å²) in [6.45, 7) is 1.84. The number of nitrogens with one attached hydrogen (secondary N) is 1. The van der Waals surface area contributed by atoms with Crippen molar-refractivity contribution in [2.24, 2.45) is 0 Å². The number of aromatic amines is 1. The Morgan fingerprint density at radius 1 is 1.67 bits per heavy atom. The van der Waals surface area contributed by atoms with Crippen LogP contribution >= 0.6 is 37.5 Å². The van der Waals surface area contributed by atoms with Gasteiger partial charge >= 0.3 is 0 Å². The summed E-state index contributed by atoms with van der Waals surface area (Å²) in [5, 5.41) is 0.353. The maximum absolute atomic E-state index is 10.9. The van der Waals surface area contributed by atoms with Crippen molar-refractivity contribution in [3.05, 3.63) is 21.8 Å². The van der Waals surface area contributed by atoms with E-state index >= 15 is 0 Å². The molecular formula is C7H7NOS3. The van der Waals surface area contributed by atoms with Crippen LogP contribution in [-0.4, -0.2) is 10.1 Å². The van der Waals surface area contributed by atoms with E-state index < -0.39 is 0 Å². The molecule has 1 rings (SSSR count). The number of pyridine rings is 1. The summed E-state index contributed by atoms with van der Waals surface area (Å²) >= 11 is 12.7. The van der Waals surface area contributed by atoms with Gasteiger partial charge in [0.15, 0.2) is 0 Å². The second-order valence-corrected chi connectivity index (χ2v) is 3.61. The molecule has 0 unspecified atom stereocenters. The molecule has 0 bridgehead atoms. The van der Waals surface area contributed by atoms with Gasteiger partial charge in [0.2, 0.25) is 5.12 Å². The minimum absolute atomic E-state index is 0.326. The molecule has 0 amide bonds. The number of aryl methyl sites for hydroxylation is 1. The number of thiol groups is 2. The SMILES string of the molecule is Cc1cc(C(=O)S)c(=S)[nH]c1S. The largest absolute Gasteiger partial charge is 0.341 e. The fourth-order valence-corrected chi connectivity index (χ4v) is 1.54. The van der Waals surface area contributed by atoms with Crippen LogP contribution in [0.5, 0.6) is 0 Å². The van der Waals surface area contributed by atoms with Crippen LogP contribution in [0.4, 0.5) is 0 Å². The first-order chi connectivity index (χ1) is 5.52. The quantitative estimate of drug-likeness (QED) is 0.498. The number of carbonyl (C=O) groups excluding carboxylic acids is 1. The number of H-pyrrole nitrogens is 1. The highest BCUT2D eigenvalue weighted by Crippen LogP contribution is 2.14. The molecule has 0 aromatic carbocycles. The van der Waals surface area contributed by atoms with Crippen molar-refractivity contribution in [3.8, 4) is 0 Å². The van der Waals surface area contributed by atoms with Gasteiger partial charge in [-0.25, -0.2) is 0 Å². The van der Waals surface area contributed by atoms with Crippen molar-refractivity contribution in [2.45, 2.75) is 11.9 Å². The fraction of sp³-hybridized carbons (Fsp3) is 0.143. The highest BCUT2D eigenvalue weighted by Gasteiger charge is 2.04. The predicted molar refractivity (Wildman–Crippen MR) is 56.9 cm³/mol. The van der Waals surface area contributed by atoms with Crippen molar-refractivity contribution in [1.82, 2.24) is 4.98 Å². The second-order valence-electron chi connectivity index (χ2n) is 2.35. The summed E-state index contributed by atoms with van der Waals surface area (Å²) in [6, 6.07) is 1.68. The predicted octanol–water partition coefficient (Wildman–Crippen LogP) is 2.41. The van der Waals surface area contributed by atoms with Gasteiger partial charge in [0.05, 0.1) is 10.6 Å². The molecule has 0 saturated heterocycles. The first kappa shape index (κ1) is 9.83. The number of aromatic nitrogens is 1. The highest BCUT2D eigenvalue weighted by molar-refractivity contribution is 7.97. The zero-order chi connectivity index (χ0) is 9.30. The third kappa shape index (κ3) is 1.91. The Kier molecular flexibility index (Phi) is 2.98. The number of carbonyl (C=O) groups is 1. The summed E-state index contributed by atoms with van der Waals surface area (Å²) in [7, 11) is 0. The van der Waals surface area contributed by atoms with E-state index in [2.05, 4.69) is 30.2 Å². The summed E-state index contributed by atoms with van der Waals surface area (Å²) in [5.41, 5.74) is 1.30. The van der Waals surface area contributed by atoms with Crippen LogP contribution in [0.3, 0.4) is 0 Å². The molecule has 0 atom stereocenters.